The first kappa shape index (κ1) is 37.9. The van der Waals surface area contributed by atoms with Gasteiger partial charge in [0.1, 0.15) is 23.0 Å². The molecule has 54 heavy (non-hydrogen) atoms. The molecule has 6 aromatic rings. The predicted molar refractivity (Wildman–Crippen MR) is 233 cm³/mol. The summed E-state index contributed by atoms with van der Waals surface area (Å²) in [5, 5.41) is 7.55. The number of hydrogen-bond acceptors (Lipinski definition) is 3. The zero-order chi connectivity index (χ0) is 38.4. The molecule has 0 saturated heterocycles. The molecule has 0 radical (unpaired) electrons. The van der Waals surface area contributed by atoms with Crippen molar-refractivity contribution < 1.29 is 14.2 Å². The lowest BCUT2D eigenvalue weighted by Crippen LogP contribution is -2.35. The molecule has 0 aromatic heterocycles. The van der Waals surface area contributed by atoms with Gasteiger partial charge in [-0.1, -0.05) is 152 Å². The first-order valence-electron chi connectivity index (χ1n) is 18.7. The van der Waals surface area contributed by atoms with Crippen LogP contribution in [0.3, 0.4) is 0 Å². The van der Waals surface area contributed by atoms with Crippen molar-refractivity contribution >= 4 is 47.7 Å². The smallest absolute Gasteiger partial charge is 0.139 e. The number of benzene rings is 6. The first-order chi connectivity index (χ1) is 25.7. The van der Waals surface area contributed by atoms with Crippen molar-refractivity contribution in [3.05, 3.63) is 156 Å². The van der Waals surface area contributed by atoms with Crippen LogP contribution in [0.1, 0.15) is 77.6 Å². The van der Waals surface area contributed by atoms with Crippen molar-refractivity contribution in [1.29, 1.82) is 0 Å². The summed E-state index contributed by atoms with van der Waals surface area (Å²) in [6.07, 6.45) is 0. The molecule has 2 atom stereocenters. The quantitative estimate of drug-likeness (QED) is 0.145. The molecular formula is C49H52O3P2. The van der Waals surface area contributed by atoms with Crippen LogP contribution in [0.5, 0.6) is 23.0 Å². The van der Waals surface area contributed by atoms with Crippen LogP contribution >= 0.6 is 15.8 Å². The molecule has 0 fully saturated rings. The average Bonchev–Trinajstić information content (AvgIpc) is 3.16. The number of ether oxygens (including phenoxy) is 3. The number of rotatable bonds is 8. The highest BCUT2D eigenvalue weighted by Gasteiger charge is 2.41. The summed E-state index contributed by atoms with van der Waals surface area (Å²) >= 11 is 0. The predicted octanol–water partition coefficient (Wildman–Crippen LogP) is 10.2. The minimum Gasteiger partial charge on any atom is -0.497 e. The molecule has 1 heterocycles. The van der Waals surface area contributed by atoms with Gasteiger partial charge in [0.15, 0.2) is 0 Å². The maximum atomic E-state index is 7.63. The van der Waals surface area contributed by atoms with Gasteiger partial charge in [0.2, 0.25) is 0 Å². The second-order valence-electron chi connectivity index (χ2n) is 16.7. The van der Waals surface area contributed by atoms with E-state index in [2.05, 4.69) is 189 Å². The molecule has 1 aliphatic heterocycles. The SMILES string of the molecule is COc1ccc(P(c2ccccc2)c2cc(C(C)(C)C)cc3c2Oc2c(P(c4ccccc4)c4ccc(OC)cc4)cc(C(C)(C)C)cc2C3(C)C)cc1. The summed E-state index contributed by atoms with van der Waals surface area (Å²) in [5.74, 6) is 3.67. The first-order valence-corrected chi connectivity index (χ1v) is 21.4. The van der Waals surface area contributed by atoms with Crippen LogP contribution in [-0.2, 0) is 16.2 Å². The normalized spacial score (nSPS) is 14.6. The van der Waals surface area contributed by atoms with Crippen molar-refractivity contribution in [1.82, 2.24) is 0 Å². The Balaban J connectivity index is 1.55. The molecule has 0 saturated carbocycles. The lowest BCUT2D eigenvalue weighted by molar-refractivity contribution is 0.415. The molecule has 0 amide bonds. The highest BCUT2D eigenvalue weighted by atomic mass is 31.1. The minimum atomic E-state index is -1.00. The fraction of sp³-hybridized carbons (Fsp3) is 0.265. The lowest BCUT2D eigenvalue weighted by atomic mass is 9.72. The van der Waals surface area contributed by atoms with Gasteiger partial charge in [0, 0.05) is 27.2 Å². The van der Waals surface area contributed by atoms with Crippen LogP contribution in [0, 0.1) is 0 Å². The largest absolute Gasteiger partial charge is 0.497 e. The molecule has 0 N–H and O–H groups in total. The zero-order valence-corrected chi connectivity index (χ0v) is 35.1. The Kier molecular flexibility index (Phi) is 10.3. The molecule has 0 bridgehead atoms. The van der Waals surface area contributed by atoms with E-state index in [0.717, 1.165) is 23.0 Å². The fourth-order valence-corrected chi connectivity index (χ4v) is 12.1. The Hall–Kier alpha value is -4.42. The van der Waals surface area contributed by atoms with Crippen molar-refractivity contribution in [2.75, 3.05) is 14.2 Å². The van der Waals surface area contributed by atoms with Gasteiger partial charge in [-0.3, -0.25) is 0 Å². The van der Waals surface area contributed by atoms with E-state index < -0.39 is 15.8 Å². The van der Waals surface area contributed by atoms with Crippen molar-refractivity contribution in [3.63, 3.8) is 0 Å². The third-order valence-electron chi connectivity index (χ3n) is 10.6. The van der Waals surface area contributed by atoms with E-state index >= 15 is 0 Å². The van der Waals surface area contributed by atoms with Crippen molar-refractivity contribution in [2.45, 2.75) is 71.6 Å². The summed E-state index contributed by atoms with van der Waals surface area (Å²) in [7, 11) is 1.44. The van der Waals surface area contributed by atoms with Crippen LogP contribution < -0.4 is 46.0 Å². The van der Waals surface area contributed by atoms with Crippen molar-refractivity contribution in [3.8, 4) is 23.0 Å². The van der Waals surface area contributed by atoms with Crippen LogP contribution in [0.2, 0.25) is 0 Å². The van der Waals surface area contributed by atoms with Gasteiger partial charge in [-0.05, 0) is 95.4 Å². The fourth-order valence-electron chi connectivity index (χ4n) is 7.29. The van der Waals surface area contributed by atoms with E-state index in [9.17, 15) is 0 Å². The highest BCUT2D eigenvalue weighted by Crippen LogP contribution is 2.54. The Morgan fingerprint density at radius 2 is 0.796 bits per heavy atom. The van der Waals surface area contributed by atoms with E-state index in [1.54, 1.807) is 14.2 Å². The van der Waals surface area contributed by atoms with E-state index in [4.69, 9.17) is 14.2 Å². The molecule has 0 spiro atoms. The van der Waals surface area contributed by atoms with Crippen LogP contribution in [0.15, 0.2) is 133 Å². The van der Waals surface area contributed by atoms with Gasteiger partial charge in [0.25, 0.3) is 0 Å². The van der Waals surface area contributed by atoms with Gasteiger partial charge >= 0.3 is 0 Å². The summed E-state index contributed by atoms with van der Waals surface area (Å²) < 4.78 is 18.9. The van der Waals surface area contributed by atoms with Crippen molar-refractivity contribution in [2.24, 2.45) is 0 Å². The van der Waals surface area contributed by atoms with E-state index in [1.807, 2.05) is 0 Å². The molecule has 2 unspecified atom stereocenters. The highest BCUT2D eigenvalue weighted by molar-refractivity contribution is 7.80. The zero-order valence-electron chi connectivity index (χ0n) is 33.3. The van der Waals surface area contributed by atoms with Gasteiger partial charge in [-0.25, -0.2) is 0 Å². The Morgan fingerprint density at radius 3 is 1.11 bits per heavy atom. The molecule has 0 aliphatic carbocycles. The number of fused-ring (bicyclic) bond motifs is 2. The summed E-state index contributed by atoms with van der Waals surface area (Å²) in [5.41, 5.74) is 4.58. The summed E-state index contributed by atoms with van der Waals surface area (Å²) in [6.45, 7) is 18.7. The summed E-state index contributed by atoms with van der Waals surface area (Å²) in [6, 6.07) is 48.9. The second-order valence-corrected chi connectivity index (χ2v) is 21.1. The molecular weight excluding hydrogens is 698 g/mol. The Bertz CT molecular complexity index is 2090. The number of methoxy groups -OCH3 is 2. The third-order valence-corrected chi connectivity index (χ3v) is 15.5. The van der Waals surface area contributed by atoms with Gasteiger partial charge < -0.3 is 14.2 Å². The van der Waals surface area contributed by atoms with E-state index in [0.29, 0.717) is 0 Å². The lowest BCUT2D eigenvalue weighted by Gasteiger charge is -2.41. The second kappa shape index (κ2) is 14.7. The minimum absolute atomic E-state index is 0.0772. The Labute approximate surface area is 325 Å². The molecule has 1 aliphatic rings. The van der Waals surface area contributed by atoms with Gasteiger partial charge in [0.05, 0.1) is 14.2 Å². The van der Waals surface area contributed by atoms with Crippen LogP contribution in [0.4, 0.5) is 0 Å². The topological polar surface area (TPSA) is 27.7 Å². The molecule has 3 nitrogen and oxygen atoms in total. The van der Waals surface area contributed by atoms with Gasteiger partial charge in [-0.15, -0.1) is 0 Å². The van der Waals surface area contributed by atoms with Gasteiger partial charge in [-0.2, -0.15) is 0 Å². The molecule has 5 heteroatoms. The van der Waals surface area contributed by atoms with E-state index in [1.165, 1.54) is 54.1 Å². The summed E-state index contributed by atoms with van der Waals surface area (Å²) in [4.78, 5) is 0. The maximum absolute atomic E-state index is 7.63. The van der Waals surface area contributed by atoms with E-state index in [-0.39, 0.29) is 16.2 Å². The van der Waals surface area contributed by atoms with Crippen LogP contribution in [0.25, 0.3) is 0 Å². The molecule has 7 rings (SSSR count). The van der Waals surface area contributed by atoms with Crippen LogP contribution in [-0.4, -0.2) is 14.2 Å². The maximum Gasteiger partial charge on any atom is 0.139 e. The number of hydrogen-bond donors (Lipinski definition) is 0. The standard InChI is InChI=1S/C49H52O3P2/c1-47(2,3)33-29-41-45(43(31-33)53(37-17-13-11-14-18-37)39-25-21-35(50-9)22-26-39)52-46-42(49(41,7)8)30-34(48(4,5)6)32-44(46)54(38-19-15-12-16-20-38)40-27-23-36(51-10)24-28-40/h11-32H,1-10H3. The monoisotopic (exact) mass is 750 g/mol. The average molecular weight is 751 g/mol. The molecule has 6 aromatic carbocycles. The Morgan fingerprint density at radius 1 is 0.463 bits per heavy atom. The molecule has 276 valence electrons. The third kappa shape index (κ3) is 7.22.